The first kappa shape index (κ1) is 14.0. The molecule has 0 bridgehead atoms. The summed E-state index contributed by atoms with van der Waals surface area (Å²) in [6.07, 6.45) is 5.02. The lowest BCUT2D eigenvalue weighted by Crippen LogP contribution is -2.46. The number of nitrogens with one attached hydrogen (secondary N) is 1. The van der Waals surface area contributed by atoms with Crippen molar-refractivity contribution in [3.8, 4) is 0 Å². The lowest BCUT2D eigenvalue weighted by atomic mass is 10.1. The van der Waals surface area contributed by atoms with E-state index >= 15 is 0 Å². The van der Waals surface area contributed by atoms with E-state index < -0.39 is 10.0 Å². The molecule has 0 spiro atoms. The summed E-state index contributed by atoms with van der Waals surface area (Å²) >= 11 is 1.30. The van der Waals surface area contributed by atoms with E-state index in [1.54, 1.807) is 6.07 Å². The summed E-state index contributed by atoms with van der Waals surface area (Å²) in [7, 11) is -3.40. The Balaban J connectivity index is 2.11. The molecule has 1 aliphatic rings. The molecule has 1 aliphatic carbocycles. The molecule has 2 rings (SSSR count). The van der Waals surface area contributed by atoms with Crippen LogP contribution < -0.4 is 10.5 Å². The average Bonchev–Trinajstić information content (AvgIpc) is 2.65. The van der Waals surface area contributed by atoms with Crippen LogP contribution in [0.1, 0.15) is 37.0 Å². The van der Waals surface area contributed by atoms with Crippen LogP contribution in [0.5, 0.6) is 0 Å². The number of nitrogens with two attached hydrogens (primary N) is 1. The van der Waals surface area contributed by atoms with Crippen molar-refractivity contribution in [2.24, 2.45) is 5.73 Å². The van der Waals surface area contributed by atoms with Crippen molar-refractivity contribution in [3.63, 3.8) is 0 Å². The van der Waals surface area contributed by atoms with Crippen molar-refractivity contribution >= 4 is 21.4 Å². The summed E-state index contributed by atoms with van der Waals surface area (Å²) in [4.78, 5) is 1.00. The highest BCUT2D eigenvalue weighted by molar-refractivity contribution is 7.91. The van der Waals surface area contributed by atoms with Gasteiger partial charge in [-0.05, 0) is 31.9 Å². The fourth-order valence-electron chi connectivity index (χ4n) is 2.30. The van der Waals surface area contributed by atoms with Crippen molar-refractivity contribution in [3.05, 3.63) is 17.0 Å². The van der Waals surface area contributed by atoms with Gasteiger partial charge >= 0.3 is 0 Å². The molecule has 2 unspecified atom stereocenters. The van der Waals surface area contributed by atoms with Crippen molar-refractivity contribution in [2.45, 2.75) is 55.3 Å². The third kappa shape index (κ3) is 3.32. The summed E-state index contributed by atoms with van der Waals surface area (Å²) in [6.45, 7) is 1.90. The maximum atomic E-state index is 12.2. The second-order valence-corrected chi connectivity index (χ2v) is 8.12. The molecule has 0 amide bonds. The van der Waals surface area contributed by atoms with Crippen molar-refractivity contribution < 1.29 is 8.42 Å². The van der Waals surface area contributed by atoms with E-state index in [0.717, 1.165) is 37.0 Å². The number of aryl methyl sites for hydroxylation is 1. The Morgan fingerprint density at radius 2 is 2.00 bits per heavy atom. The normalized spacial score (nSPS) is 25.9. The molecule has 1 saturated carbocycles. The topological polar surface area (TPSA) is 72.2 Å². The minimum atomic E-state index is -3.40. The summed E-state index contributed by atoms with van der Waals surface area (Å²) in [6, 6.07) is 3.29. The van der Waals surface area contributed by atoms with E-state index in [-0.39, 0.29) is 12.1 Å². The predicted molar refractivity (Wildman–Crippen MR) is 74.2 cm³/mol. The highest BCUT2D eigenvalue weighted by atomic mass is 32.2. The molecule has 1 heterocycles. The third-order valence-corrected chi connectivity index (χ3v) is 6.34. The number of hydrogen-bond acceptors (Lipinski definition) is 4. The van der Waals surface area contributed by atoms with Crippen LogP contribution in [0.4, 0.5) is 0 Å². The minimum absolute atomic E-state index is 0.0664. The summed E-state index contributed by atoms with van der Waals surface area (Å²) in [5.41, 5.74) is 6.05. The minimum Gasteiger partial charge on any atom is -0.326 e. The van der Waals surface area contributed by atoms with Gasteiger partial charge in [-0.15, -0.1) is 11.3 Å². The van der Waals surface area contributed by atoms with E-state index in [1.807, 2.05) is 13.0 Å². The lowest BCUT2D eigenvalue weighted by Gasteiger charge is -2.22. The number of sulfonamides is 1. The third-order valence-electron chi connectivity index (χ3n) is 3.36. The maximum Gasteiger partial charge on any atom is 0.250 e. The SMILES string of the molecule is Cc1ccc(S(=O)(=O)NC2CCCCCC2N)s1. The van der Waals surface area contributed by atoms with Crippen LogP contribution in [0.2, 0.25) is 0 Å². The first-order valence-corrected chi connectivity index (χ1v) is 8.63. The van der Waals surface area contributed by atoms with Crippen molar-refractivity contribution in [2.75, 3.05) is 0 Å². The Kier molecular flexibility index (Phi) is 4.42. The molecule has 3 N–H and O–H groups in total. The van der Waals surface area contributed by atoms with Gasteiger partial charge in [0.2, 0.25) is 10.0 Å². The van der Waals surface area contributed by atoms with Gasteiger partial charge in [0.05, 0.1) is 0 Å². The van der Waals surface area contributed by atoms with E-state index in [2.05, 4.69) is 4.72 Å². The number of hydrogen-bond donors (Lipinski definition) is 2. The molecule has 0 aromatic carbocycles. The largest absolute Gasteiger partial charge is 0.326 e. The zero-order valence-electron chi connectivity index (χ0n) is 10.6. The van der Waals surface area contributed by atoms with Gasteiger partial charge in [-0.2, -0.15) is 0 Å². The van der Waals surface area contributed by atoms with Gasteiger partial charge in [0.25, 0.3) is 0 Å². The van der Waals surface area contributed by atoms with E-state index in [9.17, 15) is 8.42 Å². The van der Waals surface area contributed by atoms with Gasteiger partial charge in [0.15, 0.2) is 0 Å². The van der Waals surface area contributed by atoms with Gasteiger partial charge < -0.3 is 5.73 Å². The van der Waals surface area contributed by atoms with Crippen LogP contribution in [0.3, 0.4) is 0 Å². The molecule has 4 nitrogen and oxygen atoms in total. The molecule has 18 heavy (non-hydrogen) atoms. The molecule has 1 aromatic heterocycles. The van der Waals surface area contributed by atoms with Crippen LogP contribution in [0.15, 0.2) is 16.3 Å². The zero-order valence-corrected chi connectivity index (χ0v) is 12.2. The van der Waals surface area contributed by atoms with Gasteiger partial charge in [0.1, 0.15) is 4.21 Å². The molecule has 1 aromatic rings. The van der Waals surface area contributed by atoms with Crippen LogP contribution in [-0.2, 0) is 10.0 Å². The Morgan fingerprint density at radius 3 is 2.67 bits per heavy atom. The Morgan fingerprint density at radius 1 is 1.28 bits per heavy atom. The molecular weight excluding hydrogens is 268 g/mol. The molecule has 0 saturated heterocycles. The van der Waals surface area contributed by atoms with Crippen LogP contribution in [-0.4, -0.2) is 20.5 Å². The second-order valence-electron chi connectivity index (χ2n) is 4.89. The molecular formula is C12H20N2O2S2. The van der Waals surface area contributed by atoms with Gasteiger partial charge in [-0.25, -0.2) is 13.1 Å². The molecule has 0 radical (unpaired) electrons. The molecule has 6 heteroatoms. The number of rotatable bonds is 3. The van der Waals surface area contributed by atoms with Gasteiger partial charge in [-0.3, -0.25) is 0 Å². The Bertz CT molecular complexity index is 496. The lowest BCUT2D eigenvalue weighted by molar-refractivity contribution is 0.457. The maximum absolute atomic E-state index is 12.2. The Hall–Kier alpha value is -0.430. The first-order valence-electron chi connectivity index (χ1n) is 6.33. The molecule has 102 valence electrons. The highest BCUT2D eigenvalue weighted by Gasteiger charge is 2.26. The zero-order chi connectivity index (χ0) is 13.2. The molecule has 1 fully saturated rings. The fourth-order valence-corrected chi connectivity index (χ4v) is 4.92. The second kappa shape index (κ2) is 5.69. The van der Waals surface area contributed by atoms with E-state index in [0.29, 0.717) is 4.21 Å². The smallest absolute Gasteiger partial charge is 0.250 e. The fraction of sp³-hybridized carbons (Fsp3) is 0.667. The molecule has 0 aliphatic heterocycles. The summed E-state index contributed by atoms with van der Waals surface area (Å²) in [5.74, 6) is 0. The quantitative estimate of drug-likeness (QED) is 0.836. The predicted octanol–water partition coefficient (Wildman–Crippen LogP) is 1.99. The van der Waals surface area contributed by atoms with Crippen LogP contribution >= 0.6 is 11.3 Å². The average molecular weight is 288 g/mol. The van der Waals surface area contributed by atoms with E-state index in [1.165, 1.54) is 11.3 Å². The number of thiophene rings is 1. The summed E-state index contributed by atoms with van der Waals surface area (Å²) in [5, 5.41) is 0. The standard InChI is InChI=1S/C12H20N2O2S2/c1-9-7-8-12(17-9)18(15,16)14-11-6-4-2-3-5-10(11)13/h7-8,10-11,14H,2-6,13H2,1H3. The monoisotopic (exact) mass is 288 g/mol. The van der Waals surface area contributed by atoms with E-state index in [4.69, 9.17) is 5.73 Å². The van der Waals surface area contributed by atoms with Gasteiger partial charge in [-0.1, -0.05) is 19.3 Å². The molecule has 2 atom stereocenters. The van der Waals surface area contributed by atoms with Crippen LogP contribution in [0, 0.1) is 6.92 Å². The van der Waals surface area contributed by atoms with Crippen molar-refractivity contribution in [1.82, 2.24) is 4.72 Å². The van der Waals surface area contributed by atoms with Crippen molar-refractivity contribution in [1.29, 1.82) is 0 Å². The Labute approximate surface area is 113 Å². The van der Waals surface area contributed by atoms with Crippen LogP contribution in [0.25, 0.3) is 0 Å². The highest BCUT2D eigenvalue weighted by Crippen LogP contribution is 2.23. The first-order chi connectivity index (χ1) is 8.49. The van der Waals surface area contributed by atoms with Gasteiger partial charge in [0, 0.05) is 17.0 Å². The summed E-state index contributed by atoms with van der Waals surface area (Å²) < 4.78 is 27.6.